The molecule has 1 aromatic carbocycles. The van der Waals surface area contributed by atoms with Crippen molar-refractivity contribution in [3.63, 3.8) is 0 Å². The molecule has 0 saturated carbocycles. The van der Waals surface area contributed by atoms with Gasteiger partial charge < -0.3 is 14.5 Å². The summed E-state index contributed by atoms with van der Waals surface area (Å²) < 4.78 is 45.2. The molecule has 2 fully saturated rings. The lowest BCUT2D eigenvalue weighted by Crippen LogP contribution is -2.48. The number of carbonyl (C=O) groups excluding carboxylic acids is 2. The Hall–Kier alpha value is -3.37. The van der Waals surface area contributed by atoms with Crippen molar-refractivity contribution < 1.29 is 27.5 Å². The highest BCUT2D eigenvalue weighted by Crippen LogP contribution is 2.23. The number of piperidine rings is 1. The summed E-state index contributed by atoms with van der Waals surface area (Å²) in [4.78, 5) is 37.2. The van der Waals surface area contributed by atoms with Crippen LogP contribution in [0.25, 0.3) is 0 Å². The molecule has 164 valence electrons. The minimum absolute atomic E-state index is 0.0394. The largest absolute Gasteiger partial charge is 0.458 e. The molecule has 2 aliphatic rings. The highest BCUT2D eigenvalue weighted by Gasteiger charge is 2.33. The Bertz CT molecular complexity index is 975. The fraction of sp³-hybridized carbons (Fsp3) is 0.400. The van der Waals surface area contributed by atoms with Gasteiger partial charge >= 0.3 is 12.0 Å². The predicted molar refractivity (Wildman–Crippen MR) is 103 cm³/mol. The number of halogens is 3. The lowest BCUT2D eigenvalue weighted by Gasteiger charge is -2.33. The van der Waals surface area contributed by atoms with Crippen LogP contribution in [0.4, 0.5) is 23.7 Å². The van der Waals surface area contributed by atoms with Crippen molar-refractivity contribution in [2.45, 2.75) is 18.9 Å². The van der Waals surface area contributed by atoms with Crippen molar-refractivity contribution in [3.8, 4) is 6.01 Å². The predicted octanol–water partition coefficient (Wildman–Crippen LogP) is 2.21. The summed E-state index contributed by atoms with van der Waals surface area (Å²) in [7, 11) is 0. The van der Waals surface area contributed by atoms with Gasteiger partial charge in [0.1, 0.15) is 12.6 Å². The maximum Gasteiger partial charge on any atom is 0.325 e. The molecule has 2 saturated heterocycles. The van der Waals surface area contributed by atoms with Crippen LogP contribution in [0.3, 0.4) is 0 Å². The average molecular weight is 435 g/mol. The van der Waals surface area contributed by atoms with Gasteiger partial charge in [-0.3, -0.25) is 9.69 Å². The zero-order valence-electron chi connectivity index (χ0n) is 16.5. The zero-order valence-corrected chi connectivity index (χ0v) is 16.5. The Balaban J connectivity index is 1.33. The molecule has 2 aromatic rings. The minimum Gasteiger partial charge on any atom is -0.458 e. The number of carbonyl (C=O) groups is 2. The Labute approximate surface area is 176 Å². The highest BCUT2D eigenvalue weighted by molar-refractivity contribution is 5.96. The van der Waals surface area contributed by atoms with E-state index in [4.69, 9.17) is 4.74 Å². The number of anilines is 1. The first-order valence-corrected chi connectivity index (χ1v) is 9.84. The van der Waals surface area contributed by atoms with Crippen LogP contribution in [0.5, 0.6) is 6.01 Å². The molecular weight excluding hydrogens is 415 g/mol. The summed E-state index contributed by atoms with van der Waals surface area (Å²) in [6, 6.07) is 2.85. The van der Waals surface area contributed by atoms with Gasteiger partial charge in [-0.2, -0.15) is 0 Å². The van der Waals surface area contributed by atoms with E-state index in [1.54, 1.807) is 4.90 Å². The first kappa shape index (κ1) is 20.9. The monoisotopic (exact) mass is 435 g/mol. The van der Waals surface area contributed by atoms with Crippen LogP contribution < -0.4 is 9.64 Å². The Morgan fingerprint density at radius 1 is 1.10 bits per heavy atom. The third kappa shape index (κ3) is 4.70. The second-order valence-corrected chi connectivity index (χ2v) is 7.36. The van der Waals surface area contributed by atoms with E-state index in [1.807, 2.05) is 0 Å². The molecule has 0 bridgehead atoms. The van der Waals surface area contributed by atoms with Gasteiger partial charge in [0.15, 0.2) is 17.5 Å². The molecule has 31 heavy (non-hydrogen) atoms. The molecule has 8 nitrogen and oxygen atoms in total. The van der Waals surface area contributed by atoms with Crippen LogP contribution in [0.2, 0.25) is 0 Å². The van der Waals surface area contributed by atoms with Crippen LogP contribution in [-0.2, 0) is 4.79 Å². The molecule has 3 heterocycles. The van der Waals surface area contributed by atoms with Crippen molar-refractivity contribution in [1.29, 1.82) is 0 Å². The lowest BCUT2D eigenvalue weighted by atomic mass is 10.1. The number of ether oxygens (including phenoxy) is 1. The van der Waals surface area contributed by atoms with Gasteiger partial charge in [0.25, 0.3) is 0 Å². The average Bonchev–Trinajstić information content (AvgIpc) is 3.12. The summed E-state index contributed by atoms with van der Waals surface area (Å²) in [6.07, 6.45) is 3.07. The molecule has 0 aliphatic carbocycles. The maximum absolute atomic E-state index is 13.5. The van der Waals surface area contributed by atoms with Gasteiger partial charge in [0.2, 0.25) is 5.91 Å². The zero-order chi connectivity index (χ0) is 22.0. The number of nitrogens with zero attached hydrogens (tertiary/aromatic N) is 5. The number of urea groups is 1. The molecular formula is C20H20F3N5O3. The van der Waals surface area contributed by atoms with Gasteiger partial charge in [0, 0.05) is 31.4 Å². The van der Waals surface area contributed by atoms with E-state index in [2.05, 4.69) is 9.97 Å². The van der Waals surface area contributed by atoms with Crippen LogP contribution in [0, 0.1) is 17.5 Å². The second kappa shape index (κ2) is 8.78. The molecule has 11 heteroatoms. The van der Waals surface area contributed by atoms with Crippen LogP contribution in [0.1, 0.15) is 12.8 Å². The Morgan fingerprint density at radius 2 is 1.87 bits per heavy atom. The second-order valence-electron chi connectivity index (χ2n) is 7.36. The standard InChI is InChI=1S/C20H20F3N5O3/c21-13-9-24-19(25-10-13)31-15-2-1-5-26(11-15)18(29)12-27-6-7-28(20(27)30)14-3-4-16(22)17(23)8-14/h3-4,8-10,15H,1-2,5-7,11-12H2. The number of hydrogen-bond acceptors (Lipinski definition) is 5. The summed E-state index contributed by atoms with van der Waals surface area (Å²) in [6.45, 7) is 1.26. The van der Waals surface area contributed by atoms with Crippen molar-refractivity contribution in [2.24, 2.45) is 0 Å². The van der Waals surface area contributed by atoms with Gasteiger partial charge in [-0.1, -0.05) is 0 Å². The molecule has 1 unspecified atom stereocenters. The van der Waals surface area contributed by atoms with E-state index in [9.17, 15) is 22.8 Å². The molecule has 0 radical (unpaired) electrons. The number of benzene rings is 1. The maximum atomic E-state index is 13.5. The normalized spacial score (nSPS) is 19.1. The summed E-state index contributed by atoms with van der Waals surface area (Å²) in [5, 5.41) is 0. The van der Waals surface area contributed by atoms with Gasteiger partial charge in [0.05, 0.1) is 18.9 Å². The molecule has 4 rings (SSSR count). The van der Waals surface area contributed by atoms with E-state index in [0.29, 0.717) is 32.5 Å². The summed E-state index contributed by atoms with van der Waals surface area (Å²) in [5.74, 6) is -2.84. The van der Waals surface area contributed by atoms with E-state index in [-0.39, 0.29) is 36.8 Å². The van der Waals surface area contributed by atoms with Gasteiger partial charge in [-0.25, -0.2) is 27.9 Å². The van der Waals surface area contributed by atoms with Crippen molar-refractivity contribution in [2.75, 3.05) is 37.6 Å². The SMILES string of the molecule is O=C(CN1CCN(c2ccc(F)c(F)c2)C1=O)N1CCCC(Oc2ncc(F)cn2)C1. The summed E-state index contributed by atoms with van der Waals surface area (Å²) >= 11 is 0. The minimum atomic E-state index is -1.04. The number of amides is 3. The molecule has 0 N–H and O–H groups in total. The molecule has 1 atom stereocenters. The fourth-order valence-electron chi connectivity index (χ4n) is 3.66. The smallest absolute Gasteiger partial charge is 0.325 e. The van der Waals surface area contributed by atoms with Crippen LogP contribution in [0.15, 0.2) is 30.6 Å². The first-order valence-electron chi connectivity index (χ1n) is 9.84. The fourth-order valence-corrected chi connectivity index (χ4v) is 3.66. The van der Waals surface area contributed by atoms with E-state index in [0.717, 1.165) is 24.5 Å². The molecule has 2 aliphatic heterocycles. The van der Waals surface area contributed by atoms with E-state index < -0.39 is 23.5 Å². The van der Waals surface area contributed by atoms with Crippen molar-refractivity contribution >= 4 is 17.6 Å². The number of rotatable bonds is 5. The van der Waals surface area contributed by atoms with Gasteiger partial charge in [-0.05, 0) is 25.0 Å². The third-order valence-corrected chi connectivity index (χ3v) is 5.24. The molecule has 0 spiro atoms. The summed E-state index contributed by atoms with van der Waals surface area (Å²) in [5.41, 5.74) is 0.240. The van der Waals surface area contributed by atoms with Crippen LogP contribution >= 0.6 is 0 Å². The number of likely N-dealkylation sites (tertiary alicyclic amines) is 1. The lowest BCUT2D eigenvalue weighted by molar-refractivity contribution is -0.134. The van der Waals surface area contributed by atoms with Crippen molar-refractivity contribution in [1.82, 2.24) is 19.8 Å². The molecule has 1 aromatic heterocycles. The van der Waals surface area contributed by atoms with E-state index in [1.165, 1.54) is 15.9 Å². The van der Waals surface area contributed by atoms with Crippen molar-refractivity contribution in [3.05, 3.63) is 48.0 Å². The third-order valence-electron chi connectivity index (χ3n) is 5.24. The Kier molecular flexibility index (Phi) is 5.92. The van der Waals surface area contributed by atoms with Gasteiger partial charge in [-0.15, -0.1) is 0 Å². The number of aromatic nitrogens is 2. The topological polar surface area (TPSA) is 78.9 Å². The van der Waals surface area contributed by atoms with E-state index >= 15 is 0 Å². The molecule has 3 amide bonds. The van der Waals surface area contributed by atoms with Crippen LogP contribution in [-0.4, -0.2) is 70.5 Å². The first-order chi connectivity index (χ1) is 14.9. The Morgan fingerprint density at radius 3 is 2.61 bits per heavy atom. The number of hydrogen-bond donors (Lipinski definition) is 0. The quantitative estimate of drug-likeness (QED) is 0.720. The highest BCUT2D eigenvalue weighted by atomic mass is 19.2.